The molecular formula is C28H32O3S. The molecule has 5 rings (SSSR count). The number of methoxy groups -OCH3 is 1. The van der Waals surface area contributed by atoms with Crippen LogP contribution in [0.4, 0.5) is 0 Å². The van der Waals surface area contributed by atoms with E-state index in [1.54, 1.807) is 13.2 Å². The van der Waals surface area contributed by atoms with E-state index in [4.69, 9.17) is 4.74 Å². The summed E-state index contributed by atoms with van der Waals surface area (Å²) in [5.41, 5.74) is 4.09. The summed E-state index contributed by atoms with van der Waals surface area (Å²) in [4.78, 5) is 12.8. The van der Waals surface area contributed by atoms with Crippen LogP contribution >= 0.6 is 0 Å². The van der Waals surface area contributed by atoms with Crippen molar-refractivity contribution in [1.29, 1.82) is 0 Å². The van der Waals surface area contributed by atoms with Gasteiger partial charge < -0.3 is 4.74 Å². The van der Waals surface area contributed by atoms with Gasteiger partial charge in [-0.3, -0.25) is 9.00 Å². The molecule has 32 heavy (non-hydrogen) atoms. The predicted molar refractivity (Wildman–Crippen MR) is 128 cm³/mol. The molecule has 0 bridgehead atoms. The van der Waals surface area contributed by atoms with Gasteiger partial charge in [-0.25, -0.2) is 0 Å². The third kappa shape index (κ3) is 3.30. The van der Waals surface area contributed by atoms with Crippen molar-refractivity contribution < 1.29 is 13.7 Å². The molecule has 168 valence electrons. The van der Waals surface area contributed by atoms with Crippen LogP contribution in [-0.4, -0.2) is 22.9 Å². The molecule has 3 nitrogen and oxygen atoms in total. The zero-order valence-corrected chi connectivity index (χ0v) is 20.0. The monoisotopic (exact) mass is 448 g/mol. The van der Waals surface area contributed by atoms with E-state index in [9.17, 15) is 9.00 Å². The number of hydrogen-bond acceptors (Lipinski definition) is 3. The Morgan fingerprint density at radius 1 is 1.16 bits per heavy atom. The second-order valence-corrected chi connectivity index (χ2v) is 11.5. The maximum absolute atomic E-state index is 13.0. The Labute approximate surface area is 193 Å². The molecule has 0 amide bonds. The maximum atomic E-state index is 13.0. The maximum Gasteiger partial charge on any atom is 0.178 e. The second-order valence-electron chi connectivity index (χ2n) is 10.1. The third-order valence-electron chi connectivity index (χ3n) is 8.58. The van der Waals surface area contributed by atoms with Crippen LogP contribution < -0.4 is 0 Å². The lowest BCUT2D eigenvalue weighted by Crippen LogP contribution is -2.42. The van der Waals surface area contributed by atoms with Crippen molar-refractivity contribution in [3.8, 4) is 0 Å². The molecule has 1 aromatic carbocycles. The molecule has 1 unspecified atom stereocenters. The topological polar surface area (TPSA) is 43.4 Å². The highest BCUT2D eigenvalue weighted by Crippen LogP contribution is 2.64. The quantitative estimate of drug-likeness (QED) is 0.424. The Kier molecular flexibility index (Phi) is 5.40. The SMILES string of the molecule is CO/C(CS(=O)c1ccccc1)=C1/CC[C@H]2[C@@H]3CCC4=CC(=O)C=C[C@]4(C)C3=CC[C@]12C. The second kappa shape index (κ2) is 7.98. The van der Waals surface area contributed by atoms with Crippen LogP contribution in [0.5, 0.6) is 0 Å². The highest BCUT2D eigenvalue weighted by atomic mass is 32.2. The van der Waals surface area contributed by atoms with Crippen molar-refractivity contribution in [3.63, 3.8) is 0 Å². The molecule has 2 fully saturated rings. The summed E-state index contributed by atoms with van der Waals surface area (Å²) in [5, 5.41) is 0. The molecule has 0 heterocycles. The van der Waals surface area contributed by atoms with E-state index in [-0.39, 0.29) is 16.6 Å². The van der Waals surface area contributed by atoms with E-state index in [0.29, 0.717) is 17.6 Å². The molecule has 0 N–H and O–H groups in total. The summed E-state index contributed by atoms with van der Waals surface area (Å²) in [6, 6.07) is 9.69. The van der Waals surface area contributed by atoms with Crippen LogP contribution in [0.2, 0.25) is 0 Å². The number of hydrogen-bond donors (Lipinski definition) is 0. The normalized spacial score (nSPS) is 35.8. The van der Waals surface area contributed by atoms with Crippen molar-refractivity contribution in [2.24, 2.45) is 22.7 Å². The van der Waals surface area contributed by atoms with Gasteiger partial charge in [0.2, 0.25) is 0 Å². The van der Waals surface area contributed by atoms with Crippen molar-refractivity contribution in [2.75, 3.05) is 12.9 Å². The van der Waals surface area contributed by atoms with E-state index >= 15 is 0 Å². The Balaban J connectivity index is 1.48. The fourth-order valence-electron chi connectivity index (χ4n) is 6.84. The van der Waals surface area contributed by atoms with Gasteiger partial charge in [0, 0.05) is 10.3 Å². The lowest BCUT2D eigenvalue weighted by atomic mass is 9.53. The molecule has 4 aliphatic rings. The Hall–Kier alpha value is -2.20. The van der Waals surface area contributed by atoms with Crippen LogP contribution in [0.15, 0.2) is 82.0 Å². The molecule has 4 heteroatoms. The minimum atomic E-state index is -1.11. The van der Waals surface area contributed by atoms with Gasteiger partial charge in [-0.15, -0.1) is 0 Å². The molecule has 1 aromatic rings. The number of carbonyl (C=O) groups excluding carboxylic acids is 1. The van der Waals surface area contributed by atoms with E-state index in [0.717, 1.165) is 42.8 Å². The van der Waals surface area contributed by atoms with Gasteiger partial charge >= 0.3 is 0 Å². The summed E-state index contributed by atoms with van der Waals surface area (Å²) in [6.07, 6.45) is 13.5. The van der Waals surface area contributed by atoms with Crippen LogP contribution in [0, 0.1) is 22.7 Å². The van der Waals surface area contributed by atoms with Gasteiger partial charge in [-0.05, 0) is 86.1 Å². The lowest BCUT2D eigenvalue weighted by molar-refractivity contribution is -0.110. The Morgan fingerprint density at radius 3 is 2.69 bits per heavy atom. The minimum Gasteiger partial charge on any atom is -0.500 e. The standard InChI is InChI=1S/C28H32O3S/c1-27-15-13-20(29)17-19(27)9-10-22-23-11-12-25(28(23,2)16-14-24(22)27)26(31-3)18-32(30)21-7-5-4-6-8-21/h4-8,13-15,17,22-23H,9-12,16,18H2,1-3H3/b26-25-/t22-,23-,27-,28-,32?/m0/s1. The number of rotatable bonds is 4. The summed E-state index contributed by atoms with van der Waals surface area (Å²) in [5.74, 6) is 2.58. The van der Waals surface area contributed by atoms with Gasteiger partial charge in [-0.2, -0.15) is 0 Å². The average Bonchev–Trinajstić information content (AvgIpc) is 3.15. The lowest BCUT2D eigenvalue weighted by Gasteiger charge is -2.51. The van der Waals surface area contributed by atoms with Crippen molar-refractivity contribution in [3.05, 3.63) is 77.1 Å². The molecule has 5 atom stereocenters. The minimum absolute atomic E-state index is 0.0478. The third-order valence-corrected chi connectivity index (χ3v) is 9.91. The number of allylic oxidation sites excluding steroid dienone is 7. The van der Waals surface area contributed by atoms with Gasteiger partial charge in [0.15, 0.2) is 5.78 Å². The smallest absolute Gasteiger partial charge is 0.178 e. The van der Waals surface area contributed by atoms with Gasteiger partial charge in [0.25, 0.3) is 0 Å². The zero-order valence-electron chi connectivity index (χ0n) is 19.2. The predicted octanol–water partition coefficient (Wildman–Crippen LogP) is 5.92. The largest absolute Gasteiger partial charge is 0.500 e. The van der Waals surface area contributed by atoms with Gasteiger partial charge in [0.05, 0.1) is 23.7 Å². The summed E-state index contributed by atoms with van der Waals surface area (Å²) in [7, 11) is 0.620. The molecule has 2 saturated carbocycles. The summed E-state index contributed by atoms with van der Waals surface area (Å²) < 4.78 is 18.9. The fraction of sp³-hybridized carbons (Fsp3) is 0.464. The highest BCUT2D eigenvalue weighted by molar-refractivity contribution is 7.85. The highest BCUT2D eigenvalue weighted by Gasteiger charge is 2.54. The van der Waals surface area contributed by atoms with Crippen LogP contribution in [0.3, 0.4) is 0 Å². The van der Waals surface area contributed by atoms with E-state index in [2.05, 4.69) is 26.0 Å². The molecule has 0 spiro atoms. The average molecular weight is 449 g/mol. The Bertz CT molecular complexity index is 1090. The van der Waals surface area contributed by atoms with E-state index < -0.39 is 10.8 Å². The van der Waals surface area contributed by atoms with E-state index in [1.165, 1.54) is 16.7 Å². The zero-order chi connectivity index (χ0) is 22.5. The molecule has 0 aliphatic heterocycles. The van der Waals surface area contributed by atoms with Gasteiger partial charge in [0.1, 0.15) is 5.76 Å². The van der Waals surface area contributed by atoms with Crippen molar-refractivity contribution >= 4 is 16.6 Å². The number of ether oxygens (including phenoxy) is 1. The number of benzene rings is 1. The van der Waals surface area contributed by atoms with Crippen LogP contribution in [0.25, 0.3) is 0 Å². The van der Waals surface area contributed by atoms with E-state index in [1.807, 2.05) is 36.4 Å². The number of fused-ring (bicyclic) bond motifs is 5. The molecule has 0 radical (unpaired) electrons. The summed E-state index contributed by atoms with van der Waals surface area (Å²) in [6.45, 7) is 4.68. The Morgan fingerprint density at radius 2 is 1.94 bits per heavy atom. The van der Waals surface area contributed by atoms with Crippen molar-refractivity contribution in [1.82, 2.24) is 0 Å². The molecule has 4 aliphatic carbocycles. The first-order chi connectivity index (χ1) is 15.4. The summed E-state index contributed by atoms with van der Waals surface area (Å²) >= 11 is 0. The molecule has 0 aromatic heterocycles. The first-order valence-electron chi connectivity index (χ1n) is 11.7. The number of ketones is 1. The first-order valence-corrected chi connectivity index (χ1v) is 13.0. The van der Waals surface area contributed by atoms with Gasteiger partial charge in [-0.1, -0.05) is 48.4 Å². The van der Waals surface area contributed by atoms with Crippen LogP contribution in [-0.2, 0) is 20.3 Å². The van der Waals surface area contributed by atoms with Crippen LogP contribution in [0.1, 0.15) is 46.0 Å². The number of carbonyl (C=O) groups is 1. The molecule has 0 saturated heterocycles. The van der Waals surface area contributed by atoms with Crippen molar-refractivity contribution in [2.45, 2.75) is 50.8 Å². The molecular weight excluding hydrogens is 416 g/mol. The first kappa shape index (κ1) is 21.6. The fourth-order valence-corrected chi connectivity index (χ4v) is 8.00.